The summed E-state index contributed by atoms with van der Waals surface area (Å²) in [7, 11) is 0. The van der Waals surface area contributed by atoms with Gasteiger partial charge in [0.2, 0.25) is 0 Å². The standard InChI is InChI=1S/C16H17FN2O/c1-10-8-11(4-6-19-10)13-2-3-14(17)15-12(9-18)5-7-20-16(13)15/h2-4,6,8,12H,5,7,9,18H2,1H3/t12-/m0/s1. The van der Waals surface area contributed by atoms with Gasteiger partial charge in [-0.3, -0.25) is 4.98 Å². The Morgan fingerprint density at radius 3 is 3.00 bits per heavy atom. The summed E-state index contributed by atoms with van der Waals surface area (Å²) in [6, 6.07) is 7.15. The summed E-state index contributed by atoms with van der Waals surface area (Å²) in [4.78, 5) is 4.19. The zero-order valence-electron chi connectivity index (χ0n) is 11.4. The van der Waals surface area contributed by atoms with Crippen LogP contribution in [0.5, 0.6) is 5.75 Å². The molecule has 104 valence electrons. The third-order valence-electron chi connectivity index (χ3n) is 3.76. The maximum atomic E-state index is 14.1. The van der Waals surface area contributed by atoms with Crippen LogP contribution in [0.15, 0.2) is 30.5 Å². The molecule has 2 N–H and O–H groups in total. The Labute approximate surface area is 117 Å². The van der Waals surface area contributed by atoms with Crippen molar-refractivity contribution in [2.45, 2.75) is 19.3 Å². The highest BCUT2D eigenvalue weighted by Crippen LogP contribution is 2.42. The first kappa shape index (κ1) is 13.1. The van der Waals surface area contributed by atoms with Crippen molar-refractivity contribution < 1.29 is 9.13 Å². The van der Waals surface area contributed by atoms with Crippen LogP contribution in [0.3, 0.4) is 0 Å². The monoisotopic (exact) mass is 272 g/mol. The normalized spacial score (nSPS) is 17.4. The molecule has 0 unspecified atom stereocenters. The van der Waals surface area contributed by atoms with Crippen molar-refractivity contribution in [3.63, 3.8) is 0 Å². The van der Waals surface area contributed by atoms with Crippen molar-refractivity contribution in [2.75, 3.05) is 13.2 Å². The molecule has 20 heavy (non-hydrogen) atoms. The van der Waals surface area contributed by atoms with E-state index in [-0.39, 0.29) is 11.7 Å². The number of ether oxygens (including phenoxy) is 1. The van der Waals surface area contributed by atoms with Gasteiger partial charge in [0.15, 0.2) is 0 Å². The van der Waals surface area contributed by atoms with E-state index in [9.17, 15) is 4.39 Å². The average molecular weight is 272 g/mol. The number of fused-ring (bicyclic) bond motifs is 1. The molecule has 1 atom stereocenters. The third-order valence-corrected chi connectivity index (χ3v) is 3.76. The molecule has 0 bridgehead atoms. The zero-order chi connectivity index (χ0) is 14.1. The van der Waals surface area contributed by atoms with Gasteiger partial charge in [0.25, 0.3) is 0 Å². The van der Waals surface area contributed by atoms with Crippen LogP contribution >= 0.6 is 0 Å². The Kier molecular flexibility index (Phi) is 3.40. The number of benzene rings is 1. The van der Waals surface area contributed by atoms with Crippen LogP contribution < -0.4 is 10.5 Å². The molecule has 0 saturated carbocycles. The summed E-state index contributed by atoms with van der Waals surface area (Å²) in [5.41, 5.74) is 9.21. The van der Waals surface area contributed by atoms with Crippen LogP contribution in [0.4, 0.5) is 4.39 Å². The van der Waals surface area contributed by atoms with Gasteiger partial charge in [-0.2, -0.15) is 0 Å². The zero-order valence-corrected chi connectivity index (χ0v) is 11.4. The number of aromatic nitrogens is 1. The summed E-state index contributed by atoms with van der Waals surface area (Å²) in [6.45, 7) is 2.95. The smallest absolute Gasteiger partial charge is 0.133 e. The third kappa shape index (κ3) is 2.16. The number of hydrogen-bond donors (Lipinski definition) is 1. The molecule has 0 aliphatic carbocycles. The van der Waals surface area contributed by atoms with Gasteiger partial charge >= 0.3 is 0 Å². The number of pyridine rings is 1. The Balaban J connectivity index is 2.18. The maximum absolute atomic E-state index is 14.1. The molecule has 1 aromatic heterocycles. The van der Waals surface area contributed by atoms with E-state index in [1.165, 1.54) is 6.07 Å². The van der Waals surface area contributed by atoms with Crippen molar-refractivity contribution in [1.29, 1.82) is 0 Å². The number of halogens is 1. The number of nitrogens with two attached hydrogens (primary N) is 1. The second-order valence-corrected chi connectivity index (χ2v) is 5.09. The topological polar surface area (TPSA) is 48.1 Å². The predicted octanol–water partition coefficient (Wildman–Crippen LogP) is 3.02. The van der Waals surface area contributed by atoms with E-state index >= 15 is 0 Å². The van der Waals surface area contributed by atoms with E-state index in [1.807, 2.05) is 19.1 Å². The van der Waals surface area contributed by atoms with Crippen LogP contribution in [-0.2, 0) is 0 Å². The van der Waals surface area contributed by atoms with E-state index in [4.69, 9.17) is 10.5 Å². The lowest BCUT2D eigenvalue weighted by Crippen LogP contribution is -2.22. The molecule has 0 fully saturated rings. The first-order valence-electron chi connectivity index (χ1n) is 6.79. The van der Waals surface area contributed by atoms with E-state index < -0.39 is 0 Å². The van der Waals surface area contributed by atoms with Gasteiger partial charge in [0.1, 0.15) is 11.6 Å². The Hall–Kier alpha value is -1.94. The molecule has 1 aliphatic heterocycles. The van der Waals surface area contributed by atoms with Crippen LogP contribution in [0.25, 0.3) is 11.1 Å². The van der Waals surface area contributed by atoms with Gasteiger partial charge in [-0.05, 0) is 49.7 Å². The minimum atomic E-state index is -0.232. The molecule has 4 heteroatoms. The fraction of sp³-hybridized carbons (Fsp3) is 0.312. The van der Waals surface area contributed by atoms with Crippen molar-refractivity contribution in [1.82, 2.24) is 4.98 Å². The van der Waals surface area contributed by atoms with Gasteiger partial charge in [-0.15, -0.1) is 0 Å². The minimum Gasteiger partial charge on any atom is -0.493 e. The quantitative estimate of drug-likeness (QED) is 0.914. The first-order chi connectivity index (χ1) is 9.70. The van der Waals surface area contributed by atoms with Crippen molar-refractivity contribution in [2.24, 2.45) is 5.73 Å². The highest BCUT2D eigenvalue weighted by atomic mass is 19.1. The van der Waals surface area contributed by atoms with Gasteiger partial charge < -0.3 is 10.5 Å². The van der Waals surface area contributed by atoms with Gasteiger partial charge in [-0.25, -0.2) is 4.39 Å². The molecule has 1 aromatic carbocycles. The minimum absolute atomic E-state index is 0.0293. The number of aryl methyl sites for hydroxylation is 1. The van der Waals surface area contributed by atoms with E-state index in [0.29, 0.717) is 24.5 Å². The highest BCUT2D eigenvalue weighted by molar-refractivity contribution is 5.73. The lowest BCUT2D eigenvalue weighted by Gasteiger charge is -2.27. The summed E-state index contributed by atoms with van der Waals surface area (Å²) in [5, 5.41) is 0. The molecule has 0 amide bonds. The van der Waals surface area contributed by atoms with Crippen LogP contribution in [0, 0.1) is 12.7 Å². The molecular formula is C16H17FN2O. The van der Waals surface area contributed by atoms with Gasteiger partial charge in [0, 0.05) is 28.9 Å². The highest BCUT2D eigenvalue weighted by Gasteiger charge is 2.26. The molecule has 2 aromatic rings. The molecule has 3 rings (SSSR count). The SMILES string of the molecule is Cc1cc(-c2ccc(F)c3c2OCC[C@H]3CN)ccn1. The Bertz CT molecular complexity index is 642. The molecule has 1 aliphatic rings. The van der Waals surface area contributed by atoms with E-state index in [1.54, 1.807) is 12.3 Å². The Morgan fingerprint density at radius 1 is 1.40 bits per heavy atom. The van der Waals surface area contributed by atoms with Crippen molar-refractivity contribution in [3.8, 4) is 16.9 Å². The molecule has 0 saturated heterocycles. The number of nitrogens with zero attached hydrogens (tertiary/aromatic N) is 1. The lowest BCUT2D eigenvalue weighted by atomic mass is 9.89. The van der Waals surface area contributed by atoms with Crippen molar-refractivity contribution in [3.05, 3.63) is 47.5 Å². The average Bonchev–Trinajstić information content (AvgIpc) is 2.47. The largest absolute Gasteiger partial charge is 0.493 e. The summed E-state index contributed by atoms with van der Waals surface area (Å²) < 4.78 is 19.9. The van der Waals surface area contributed by atoms with E-state index in [2.05, 4.69) is 4.98 Å². The second kappa shape index (κ2) is 5.21. The van der Waals surface area contributed by atoms with Crippen LogP contribution in [-0.4, -0.2) is 18.1 Å². The van der Waals surface area contributed by atoms with Crippen LogP contribution in [0.2, 0.25) is 0 Å². The molecule has 0 radical (unpaired) electrons. The molecular weight excluding hydrogens is 255 g/mol. The maximum Gasteiger partial charge on any atom is 0.133 e. The summed E-state index contributed by atoms with van der Waals surface area (Å²) in [6.07, 6.45) is 2.52. The van der Waals surface area contributed by atoms with Crippen LogP contribution in [0.1, 0.15) is 23.6 Å². The molecule has 3 nitrogen and oxygen atoms in total. The van der Waals surface area contributed by atoms with Crippen molar-refractivity contribution >= 4 is 0 Å². The van der Waals surface area contributed by atoms with Gasteiger partial charge in [0.05, 0.1) is 6.61 Å². The predicted molar refractivity (Wildman–Crippen MR) is 76.3 cm³/mol. The van der Waals surface area contributed by atoms with Gasteiger partial charge in [-0.1, -0.05) is 0 Å². The second-order valence-electron chi connectivity index (χ2n) is 5.09. The fourth-order valence-electron chi connectivity index (χ4n) is 2.74. The Morgan fingerprint density at radius 2 is 2.25 bits per heavy atom. The number of rotatable bonds is 2. The number of hydrogen-bond acceptors (Lipinski definition) is 3. The molecule has 0 spiro atoms. The van der Waals surface area contributed by atoms with E-state index in [0.717, 1.165) is 23.2 Å². The first-order valence-corrected chi connectivity index (χ1v) is 6.79. The lowest BCUT2D eigenvalue weighted by molar-refractivity contribution is 0.265. The summed E-state index contributed by atoms with van der Waals surface area (Å²) >= 11 is 0. The fourth-order valence-corrected chi connectivity index (χ4v) is 2.74. The summed E-state index contributed by atoms with van der Waals surface area (Å²) in [5.74, 6) is 0.434. The molecule has 2 heterocycles.